The van der Waals surface area contributed by atoms with Crippen LogP contribution in [0.1, 0.15) is 28.9 Å². The first-order valence-corrected chi connectivity index (χ1v) is 4.85. The van der Waals surface area contributed by atoms with Gasteiger partial charge in [-0.2, -0.15) is 0 Å². The Labute approximate surface area is 87.2 Å². The number of pyridine rings is 1. The molecule has 0 aromatic carbocycles. The fourth-order valence-corrected chi connectivity index (χ4v) is 1.78. The van der Waals surface area contributed by atoms with Crippen LogP contribution in [0.4, 0.5) is 0 Å². The molecule has 0 bridgehead atoms. The number of fused-ring (bicyclic) bond motifs is 1. The van der Waals surface area contributed by atoms with Crippen LogP contribution >= 0.6 is 0 Å². The molecule has 0 atom stereocenters. The number of hydrogen-bond donors (Lipinski definition) is 1. The van der Waals surface area contributed by atoms with E-state index in [1.165, 1.54) is 0 Å². The highest BCUT2D eigenvalue weighted by Crippen LogP contribution is 2.16. The Kier molecular flexibility index (Phi) is 2.19. The molecular formula is C11H12N2O2. The van der Waals surface area contributed by atoms with Crippen molar-refractivity contribution in [2.75, 3.05) is 0 Å². The number of carboxylic acid groups (broad SMARTS) is 1. The number of carbonyl (C=O) groups is 1. The second-order valence-corrected chi connectivity index (χ2v) is 3.42. The van der Waals surface area contributed by atoms with Gasteiger partial charge in [0.1, 0.15) is 5.82 Å². The quantitative estimate of drug-likeness (QED) is 0.812. The lowest BCUT2D eigenvalue weighted by Crippen LogP contribution is -1.97. The molecule has 0 aliphatic heterocycles. The van der Waals surface area contributed by atoms with E-state index in [0.717, 1.165) is 17.9 Å². The van der Waals surface area contributed by atoms with Gasteiger partial charge in [0.25, 0.3) is 0 Å². The molecule has 0 saturated carbocycles. The summed E-state index contributed by atoms with van der Waals surface area (Å²) in [6, 6.07) is 5.57. The summed E-state index contributed by atoms with van der Waals surface area (Å²) in [5, 5.41) is 9.01. The van der Waals surface area contributed by atoms with Crippen molar-refractivity contribution in [3.05, 3.63) is 35.4 Å². The van der Waals surface area contributed by atoms with E-state index in [-0.39, 0.29) is 5.69 Å². The average molecular weight is 204 g/mol. The lowest BCUT2D eigenvalue weighted by molar-refractivity contribution is 0.0693. The Morgan fingerprint density at radius 2 is 2.27 bits per heavy atom. The van der Waals surface area contributed by atoms with Gasteiger partial charge in [0.15, 0.2) is 5.69 Å². The second-order valence-electron chi connectivity index (χ2n) is 3.42. The molecular weight excluding hydrogens is 192 g/mol. The monoisotopic (exact) mass is 204 g/mol. The molecule has 0 aliphatic carbocycles. The van der Waals surface area contributed by atoms with Crippen LogP contribution < -0.4 is 0 Å². The molecule has 2 aromatic heterocycles. The van der Waals surface area contributed by atoms with Gasteiger partial charge < -0.3 is 9.51 Å². The molecule has 0 aliphatic rings. The van der Waals surface area contributed by atoms with Crippen molar-refractivity contribution in [1.82, 2.24) is 9.38 Å². The van der Waals surface area contributed by atoms with E-state index in [2.05, 4.69) is 4.98 Å². The Hall–Kier alpha value is -1.84. The predicted molar refractivity (Wildman–Crippen MR) is 56.3 cm³/mol. The largest absolute Gasteiger partial charge is 0.476 e. The molecule has 2 aromatic rings. The normalized spacial score (nSPS) is 10.8. The van der Waals surface area contributed by atoms with Crippen LogP contribution in [0.25, 0.3) is 5.52 Å². The highest BCUT2D eigenvalue weighted by molar-refractivity contribution is 5.93. The number of aromatic nitrogens is 2. The van der Waals surface area contributed by atoms with Gasteiger partial charge >= 0.3 is 5.97 Å². The summed E-state index contributed by atoms with van der Waals surface area (Å²) < 4.78 is 1.89. The van der Waals surface area contributed by atoms with Crippen LogP contribution in [0.2, 0.25) is 0 Å². The lowest BCUT2D eigenvalue weighted by atomic mass is 10.3. The molecule has 4 nitrogen and oxygen atoms in total. The third kappa shape index (κ3) is 1.38. The maximum absolute atomic E-state index is 11.0. The van der Waals surface area contributed by atoms with Gasteiger partial charge in [-0.15, -0.1) is 0 Å². The van der Waals surface area contributed by atoms with Crippen LogP contribution in [-0.2, 0) is 6.42 Å². The summed E-state index contributed by atoms with van der Waals surface area (Å²) in [6.45, 7) is 3.91. The van der Waals surface area contributed by atoms with Crippen LogP contribution in [-0.4, -0.2) is 20.5 Å². The van der Waals surface area contributed by atoms with Crippen molar-refractivity contribution in [2.45, 2.75) is 20.3 Å². The number of aromatic carboxylic acids is 1. The first-order chi connectivity index (χ1) is 7.15. The summed E-state index contributed by atoms with van der Waals surface area (Å²) in [5.41, 5.74) is 1.80. The molecule has 2 rings (SSSR count). The zero-order chi connectivity index (χ0) is 11.0. The van der Waals surface area contributed by atoms with Crippen molar-refractivity contribution in [3.63, 3.8) is 0 Å². The summed E-state index contributed by atoms with van der Waals surface area (Å²) >= 11 is 0. The molecule has 0 amide bonds. The van der Waals surface area contributed by atoms with Crippen LogP contribution in [0.5, 0.6) is 0 Å². The Balaban J connectivity index is 2.87. The van der Waals surface area contributed by atoms with Gasteiger partial charge in [-0.1, -0.05) is 13.0 Å². The zero-order valence-electron chi connectivity index (χ0n) is 8.69. The van der Waals surface area contributed by atoms with E-state index < -0.39 is 5.97 Å². The fourth-order valence-electron chi connectivity index (χ4n) is 1.78. The summed E-state index contributed by atoms with van der Waals surface area (Å²) in [7, 11) is 0. The Morgan fingerprint density at radius 1 is 1.53 bits per heavy atom. The number of aryl methyl sites for hydroxylation is 2. The molecule has 2 heterocycles. The van der Waals surface area contributed by atoms with Gasteiger partial charge in [-0.25, -0.2) is 9.78 Å². The van der Waals surface area contributed by atoms with Crippen molar-refractivity contribution >= 4 is 11.5 Å². The smallest absolute Gasteiger partial charge is 0.356 e. The SMILES string of the molecule is CCc1nc(C(=O)O)c2cccc(C)n12. The van der Waals surface area contributed by atoms with Crippen molar-refractivity contribution in [1.29, 1.82) is 0 Å². The predicted octanol–water partition coefficient (Wildman–Crippen LogP) is 1.90. The van der Waals surface area contributed by atoms with Crippen molar-refractivity contribution in [2.24, 2.45) is 0 Å². The van der Waals surface area contributed by atoms with E-state index in [1.807, 2.05) is 30.4 Å². The summed E-state index contributed by atoms with van der Waals surface area (Å²) in [6.07, 6.45) is 0.722. The lowest BCUT2D eigenvalue weighted by Gasteiger charge is -2.02. The molecule has 0 fully saturated rings. The molecule has 1 N–H and O–H groups in total. The zero-order valence-corrected chi connectivity index (χ0v) is 8.69. The number of nitrogens with zero attached hydrogens (tertiary/aromatic N) is 2. The minimum Gasteiger partial charge on any atom is -0.476 e. The topological polar surface area (TPSA) is 54.6 Å². The van der Waals surface area contributed by atoms with Gasteiger partial charge in [-0.05, 0) is 19.1 Å². The number of carboxylic acids is 1. The Morgan fingerprint density at radius 3 is 2.87 bits per heavy atom. The van der Waals surface area contributed by atoms with E-state index in [0.29, 0.717) is 5.52 Å². The highest BCUT2D eigenvalue weighted by atomic mass is 16.4. The first kappa shape index (κ1) is 9.71. The van der Waals surface area contributed by atoms with Gasteiger partial charge in [0.2, 0.25) is 0 Å². The molecule has 15 heavy (non-hydrogen) atoms. The number of rotatable bonds is 2. The third-order valence-electron chi connectivity index (χ3n) is 2.45. The van der Waals surface area contributed by atoms with Crippen molar-refractivity contribution < 1.29 is 9.90 Å². The number of hydrogen-bond acceptors (Lipinski definition) is 2. The molecule has 0 spiro atoms. The minimum atomic E-state index is -0.974. The van der Waals surface area contributed by atoms with E-state index >= 15 is 0 Å². The van der Waals surface area contributed by atoms with Crippen LogP contribution in [0, 0.1) is 6.92 Å². The first-order valence-electron chi connectivity index (χ1n) is 4.85. The minimum absolute atomic E-state index is 0.135. The van der Waals surface area contributed by atoms with Crippen molar-refractivity contribution in [3.8, 4) is 0 Å². The molecule has 4 heteroatoms. The van der Waals surface area contributed by atoms with Gasteiger partial charge in [0.05, 0.1) is 5.52 Å². The summed E-state index contributed by atoms with van der Waals surface area (Å²) in [5.74, 6) is -0.182. The third-order valence-corrected chi connectivity index (χ3v) is 2.45. The Bertz CT molecular complexity index is 529. The molecule has 0 unspecified atom stereocenters. The molecule has 0 radical (unpaired) electrons. The second kappa shape index (κ2) is 3.38. The van der Waals surface area contributed by atoms with Gasteiger partial charge in [-0.3, -0.25) is 0 Å². The molecule has 78 valence electrons. The van der Waals surface area contributed by atoms with Crippen LogP contribution in [0.3, 0.4) is 0 Å². The maximum Gasteiger partial charge on any atom is 0.356 e. The maximum atomic E-state index is 11.0. The van der Waals surface area contributed by atoms with Crippen LogP contribution in [0.15, 0.2) is 18.2 Å². The highest BCUT2D eigenvalue weighted by Gasteiger charge is 2.15. The molecule has 0 saturated heterocycles. The van der Waals surface area contributed by atoms with E-state index in [4.69, 9.17) is 5.11 Å². The fraction of sp³-hybridized carbons (Fsp3) is 0.273. The number of imidazole rings is 1. The average Bonchev–Trinajstić information content (AvgIpc) is 2.58. The van der Waals surface area contributed by atoms with Gasteiger partial charge in [0, 0.05) is 12.1 Å². The van der Waals surface area contributed by atoms with E-state index in [1.54, 1.807) is 6.07 Å². The van der Waals surface area contributed by atoms with E-state index in [9.17, 15) is 4.79 Å². The standard InChI is InChI=1S/C11H12N2O2/c1-3-9-12-10(11(14)15)8-6-4-5-7(2)13(8)9/h4-6H,3H2,1-2H3,(H,14,15). The summed E-state index contributed by atoms with van der Waals surface area (Å²) in [4.78, 5) is 15.1.